The van der Waals surface area contributed by atoms with Crippen molar-refractivity contribution in [2.45, 2.75) is 6.92 Å². The maximum Gasteiger partial charge on any atom is 0.250 e. The van der Waals surface area contributed by atoms with Crippen molar-refractivity contribution in [1.82, 2.24) is 24.6 Å². The largest absolute Gasteiger partial charge is 0.369 e. The van der Waals surface area contributed by atoms with Gasteiger partial charge in [0.25, 0.3) is 5.95 Å². The average molecular weight is 433 g/mol. The molecule has 0 N–H and O–H groups in total. The number of nitrogens with zero attached hydrogens (tertiary/aromatic N) is 6. The average Bonchev–Trinajstić information content (AvgIpc) is 3.09. The molecule has 0 unspecified atom stereocenters. The second-order valence-corrected chi connectivity index (χ2v) is 6.96. The zero-order chi connectivity index (χ0) is 20.2. The summed E-state index contributed by atoms with van der Waals surface area (Å²) in [5.74, 6) is -0.529. The van der Waals surface area contributed by atoms with Crippen molar-refractivity contribution in [2.75, 3.05) is 37.6 Å². The highest BCUT2D eigenvalue weighted by Gasteiger charge is 2.17. The number of aromatic nitrogens is 4. The van der Waals surface area contributed by atoms with E-state index < -0.39 is 11.6 Å². The Morgan fingerprint density at radius 1 is 1.00 bits per heavy atom. The Hall–Kier alpha value is -2.84. The van der Waals surface area contributed by atoms with Gasteiger partial charge in [-0.1, -0.05) is 12.2 Å². The topological polar surface area (TPSA) is 50.1 Å². The smallest absolute Gasteiger partial charge is 0.250 e. The van der Waals surface area contributed by atoms with Crippen LogP contribution in [0.1, 0.15) is 11.3 Å². The molecule has 1 aliphatic heterocycles. The van der Waals surface area contributed by atoms with Crippen LogP contribution in [0.5, 0.6) is 0 Å². The summed E-state index contributed by atoms with van der Waals surface area (Å²) in [6.07, 6.45) is 9.35. The van der Waals surface area contributed by atoms with Crippen LogP contribution < -0.4 is 4.90 Å². The van der Waals surface area contributed by atoms with Gasteiger partial charge in [-0.2, -0.15) is 5.10 Å². The van der Waals surface area contributed by atoms with Crippen LogP contribution in [0, 0.1) is 18.6 Å². The van der Waals surface area contributed by atoms with Crippen molar-refractivity contribution >= 4 is 24.2 Å². The van der Waals surface area contributed by atoms with Gasteiger partial charge in [0.1, 0.15) is 11.6 Å². The minimum absolute atomic E-state index is 0. The minimum Gasteiger partial charge on any atom is -0.369 e. The molecule has 0 amide bonds. The highest BCUT2D eigenvalue weighted by atomic mass is 35.5. The van der Waals surface area contributed by atoms with Crippen molar-refractivity contribution in [3.63, 3.8) is 0 Å². The molecule has 3 aromatic rings. The zero-order valence-electron chi connectivity index (χ0n) is 16.6. The number of rotatable bonds is 5. The van der Waals surface area contributed by atoms with E-state index in [1.54, 1.807) is 29.3 Å². The summed E-state index contributed by atoms with van der Waals surface area (Å²) in [4.78, 5) is 12.8. The lowest BCUT2D eigenvalue weighted by atomic mass is 10.2. The van der Waals surface area contributed by atoms with Gasteiger partial charge in [-0.15, -0.1) is 12.4 Å². The number of hydrogen-bond donors (Lipinski definition) is 0. The summed E-state index contributed by atoms with van der Waals surface area (Å²) >= 11 is 0. The van der Waals surface area contributed by atoms with Crippen LogP contribution in [0.4, 0.5) is 14.5 Å². The normalized spacial score (nSPS) is 14.8. The van der Waals surface area contributed by atoms with E-state index in [1.165, 1.54) is 12.1 Å². The maximum absolute atomic E-state index is 13.4. The van der Waals surface area contributed by atoms with Crippen molar-refractivity contribution in [3.05, 3.63) is 71.8 Å². The first-order valence-corrected chi connectivity index (χ1v) is 9.52. The predicted octanol–water partition coefficient (Wildman–Crippen LogP) is 3.51. The molecule has 1 aromatic carbocycles. The van der Waals surface area contributed by atoms with E-state index >= 15 is 0 Å². The molecule has 158 valence electrons. The van der Waals surface area contributed by atoms with Crippen LogP contribution in [0.2, 0.25) is 0 Å². The molecule has 9 heteroatoms. The van der Waals surface area contributed by atoms with Gasteiger partial charge in [0.15, 0.2) is 0 Å². The summed E-state index contributed by atoms with van der Waals surface area (Å²) in [5.41, 5.74) is 2.60. The van der Waals surface area contributed by atoms with Crippen molar-refractivity contribution in [2.24, 2.45) is 0 Å². The Morgan fingerprint density at radius 3 is 2.33 bits per heavy atom. The van der Waals surface area contributed by atoms with Crippen molar-refractivity contribution in [1.29, 1.82) is 0 Å². The number of piperazine rings is 1. The van der Waals surface area contributed by atoms with E-state index in [0.717, 1.165) is 50.0 Å². The Bertz CT molecular complexity index is 980. The monoisotopic (exact) mass is 432 g/mol. The third-order valence-electron chi connectivity index (χ3n) is 5.04. The van der Waals surface area contributed by atoms with Gasteiger partial charge in [-0.25, -0.2) is 23.4 Å². The molecule has 30 heavy (non-hydrogen) atoms. The van der Waals surface area contributed by atoms with Crippen molar-refractivity contribution < 1.29 is 8.78 Å². The summed E-state index contributed by atoms with van der Waals surface area (Å²) in [7, 11) is 0. The number of hydrogen-bond acceptors (Lipinski definition) is 5. The van der Waals surface area contributed by atoms with Gasteiger partial charge in [0.2, 0.25) is 0 Å². The second-order valence-electron chi connectivity index (χ2n) is 6.96. The highest BCUT2D eigenvalue weighted by molar-refractivity contribution is 5.85. The number of halogens is 3. The van der Waals surface area contributed by atoms with Crippen LogP contribution in [-0.2, 0) is 0 Å². The van der Waals surface area contributed by atoms with Gasteiger partial charge in [0, 0.05) is 62.4 Å². The first-order chi connectivity index (χ1) is 14.1. The van der Waals surface area contributed by atoms with Crippen LogP contribution in [-0.4, -0.2) is 57.4 Å². The Labute approximate surface area is 180 Å². The fraction of sp³-hybridized carbons (Fsp3) is 0.286. The van der Waals surface area contributed by atoms with Gasteiger partial charge < -0.3 is 4.90 Å². The van der Waals surface area contributed by atoms with E-state index in [1.807, 2.05) is 11.8 Å². The summed E-state index contributed by atoms with van der Waals surface area (Å²) < 4.78 is 28.6. The molecule has 0 saturated carbocycles. The fourth-order valence-electron chi connectivity index (χ4n) is 3.43. The van der Waals surface area contributed by atoms with Gasteiger partial charge >= 0.3 is 0 Å². The Morgan fingerprint density at radius 2 is 1.67 bits per heavy atom. The summed E-state index contributed by atoms with van der Waals surface area (Å²) in [6, 6.07) is 5.44. The van der Waals surface area contributed by atoms with Gasteiger partial charge in [-0.05, 0) is 25.1 Å². The highest BCUT2D eigenvalue weighted by Crippen LogP contribution is 2.20. The molecule has 1 saturated heterocycles. The predicted molar refractivity (Wildman–Crippen MR) is 115 cm³/mol. The zero-order valence-corrected chi connectivity index (χ0v) is 17.4. The molecule has 0 spiro atoms. The maximum atomic E-state index is 13.4. The molecular formula is C21H23ClF2N6. The lowest BCUT2D eigenvalue weighted by Gasteiger charge is -2.35. The first-order valence-electron chi connectivity index (χ1n) is 9.52. The quantitative estimate of drug-likeness (QED) is 0.617. The molecule has 0 bridgehead atoms. The lowest BCUT2D eigenvalue weighted by Crippen LogP contribution is -2.46. The van der Waals surface area contributed by atoms with E-state index in [0.29, 0.717) is 11.6 Å². The number of anilines is 1. The Kier molecular flexibility index (Phi) is 7.12. The fourth-order valence-corrected chi connectivity index (χ4v) is 3.43. The molecule has 0 radical (unpaired) electrons. The second kappa shape index (κ2) is 9.77. The minimum atomic E-state index is -0.540. The van der Waals surface area contributed by atoms with E-state index in [-0.39, 0.29) is 12.4 Å². The van der Waals surface area contributed by atoms with Gasteiger partial charge in [-0.3, -0.25) is 4.90 Å². The lowest BCUT2D eigenvalue weighted by molar-refractivity contribution is 0.284. The summed E-state index contributed by atoms with van der Waals surface area (Å²) in [6.45, 7) is 5.92. The first kappa shape index (κ1) is 21.9. The number of benzene rings is 1. The molecule has 0 aliphatic carbocycles. The summed E-state index contributed by atoms with van der Waals surface area (Å²) in [5, 5.41) is 4.37. The Balaban J connectivity index is 0.00000256. The third kappa shape index (κ3) is 5.01. The van der Waals surface area contributed by atoms with Crippen LogP contribution in [0.15, 0.2) is 48.9 Å². The SMILES string of the molecule is Cc1c(/C=C/CN2CCN(c3cc(F)cc(F)c3)CC2)cnn1-c1ncccn1.Cl. The van der Waals surface area contributed by atoms with E-state index in [2.05, 4.69) is 32.1 Å². The molecule has 2 aromatic heterocycles. The molecule has 1 aliphatic rings. The standard InChI is InChI=1S/C21H22F2N6.ClH/c1-16-17(15-26-29(16)21-24-5-3-6-25-21)4-2-7-27-8-10-28(11-9-27)20-13-18(22)12-19(23)14-20;/h2-6,12-15H,7-11H2,1H3;1H/b4-2+;. The molecular weight excluding hydrogens is 410 g/mol. The van der Waals surface area contributed by atoms with E-state index in [9.17, 15) is 8.78 Å². The van der Waals surface area contributed by atoms with Crippen molar-refractivity contribution in [3.8, 4) is 5.95 Å². The molecule has 1 fully saturated rings. The molecule has 6 nitrogen and oxygen atoms in total. The van der Waals surface area contributed by atoms with Gasteiger partial charge in [0.05, 0.1) is 11.9 Å². The van der Waals surface area contributed by atoms with E-state index in [4.69, 9.17) is 0 Å². The molecule has 4 rings (SSSR count). The third-order valence-corrected chi connectivity index (χ3v) is 5.04. The van der Waals surface area contributed by atoms with Crippen LogP contribution >= 0.6 is 12.4 Å². The van der Waals surface area contributed by atoms with Crippen LogP contribution in [0.3, 0.4) is 0 Å². The molecule has 3 heterocycles. The van der Waals surface area contributed by atoms with Crippen LogP contribution in [0.25, 0.3) is 12.0 Å². The molecule has 0 atom stereocenters.